The number of urea groups is 1. The highest BCUT2D eigenvalue weighted by atomic mass is 32.2. The molecule has 1 aromatic rings. The second-order valence-corrected chi connectivity index (χ2v) is 10.5. The monoisotopic (exact) mass is 493 g/mol. The maximum Gasteiger partial charge on any atom is 0.416 e. The van der Waals surface area contributed by atoms with Crippen molar-refractivity contribution in [2.45, 2.75) is 50.2 Å². The van der Waals surface area contributed by atoms with Crippen LogP contribution in [0.3, 0.4) is 0 Å². The van der Waals surface area contributed by atoms with Crippen LogP contribution in [0.15, 0.2) is 29.2 Å². The second kappa shape index (κ2) is 10.1. The van der Waals surface area contributed by atoms with E-state index >= 15 is 0 Å². The highest BCUT2D eigenvalue weighted by Gasteiger charge is 2.35. The maximum absolute atomic E-state index is 12.9. The van der Waals surface area contributed by atoms with E-state index in [2.05, 4.69) is 5.32 Å². The van der Waals surface area contributed by atoms with Crippen molar-refractivity contribution >= 4 is 27.9 Å². The summed E-state index contributed by atoms with van der Waals surface area (Å²) < 4.78 is 70.0. The lowest BCUT2D eigenvalue weighted by atomic mass is 9.98. The Morgan fingerprint density at radius 3 is 2.27 bits per heavy atom. The molecule has 0 bridgehead atoms. The molecule has 1 saturated heterocycles. The molecule has 0 radical (unpaired) electrons. The molecule has 3 amide bonds. The van der Waals surface area contributed by atoms with E-state index in [1.807, 2.05) is 5.32 Å². The fraction of sp³-hybridized carbons (Fsp3) is 0.550. The minimum absolute atomic E-state index is 0.0726. The van der Waals surface area contributed by atoms with Crippen molar-refractivity contribution in [1.29, 1.82) is 0 Å². The molecule has 2 N–H and O–H groups in total. The molecular formula is C20H26F3N3O6S. The predicted octanol–water partition coefficient (Wildman–Crippen LogP) is 2.27. The fourth-order valence-electron chi connectivity index (χ4n) is 3.10. The van der Waals surface area contributed by atoms with Crippen molar-refractivity contribution in [3.05, 3.63) is 29.8 Å². The Morgan fingerprint density at radius 1 is 1.12 bits per heavy atom. The molecule has 0 unspecified atom stereocenters. The van der Waals surface area contributed by atoms with Gasteiger partial charge >= 0.3 is 18.2 Å². The third-order valence-electron chi connectivity index (χ3n) is 4.67. The molecule has 33 heavy (non-hydrogen) atoms. The molecule has 2 rings (SSSR count). The van der Waals surface area contributed by atoms with Crippen molar-refractivity contribution in [3.8, 4) is 0 Å². The number of imide groups is 1. The number of amides is 3. The molecule has 13 heteroatoms. The molecule has 9 nitrogen and oxygen atoms in total. The Hall–Kier alpha value is -2.67. The number of hydrogen-bond acceptors (Lipinski definition) is 6. The number of nitrogens with one attached hydrogen (secondary N) is 2. The van der Waals surface area contributed by atoms with E-state index in [1.54, 1.807) is 20.8 Å². The summed E-state index contributed by atoms with van der Waals surface area (Å²) in [7, 11) is -4.18. The highest BCUT2D eigenvalue weighted by molar-refractivity contribution is 7.89. The molecule has 184 valence electrons. The van der Waals surface area contributed by atoms with Gasteiger partial charge in [-0.15, -0.1) is 0 Å². The normalized spacial score (nSPS) is 16.2. The lowest BCUT2D eigenvalue weighted by Crippen LogP contribution is -2.49. The van der Waals surface area contributed by atoms with Gasteiger partial charge in [0.05, 0.1) is 16.4 Å². The van der Waals surface area contributed by atoms with E-state index in [9.17, 15) is 36.0 Å². The van der Waals surface area contributed by atoms with Crippen LogP contribution in [0.1, 0.15) is 39.2 Å². The van der Waals surface area contributed by atoms with E-state index in [0.29, 0.717) is 6.07 Å². The maximum atomic E-state index is 12.9. The zero-order valence-corrected chi connectivity index (χ0v) is 19.2. The first-order chi connectivity index (χ1) is 15.1. The number of sulfonamides is 1. The number of halogens is 3. The number of carbonyl (C=O) groups excluding carboxylic acids is 3. The predicted molar refractivity (Wildman–Crippen MR) is 110 cm³/mol. The van der Waals surface area contributed by atoms with Gasteiger partial charge in [0.2, 0.25) is 10.0 Å². The molecular weight excluding hydrogens is 467 g/mol. The van der Waals surface area contributed by atoms with Crippen LogP contribution in [0.4, 0.5) is 18.0 Å². The Bertz CT molecular complexity index is 997. The largest absolute Gasteiger partial charge is 0.455 e. The van der Waals surface area contributed by atoms with Gasteiger partial charge in [0, 0.05) is 18.6 Å². The number of alkyl halides is 3. The standard InChI is InChI=1S/C20H26F3N3O6S/c1-19(2,3)25-18(29)24-16(27)12-32-17(28)13-7-9-26(10-8-13)33(30,31)15-6-4-5-14(11-15)20(21,22)23/h4-6,11,13H,7-10,12H2,1-3H3,(H2,24,25,27,29). The van der Waals surface area contributed by atoms with E-state index in [0.717, 1.165) is 22.5 Å². The smallest absolute Gasteiger partial charge is 0.416 e. The number of carbonyl (C=O) groups is 3. The number of benzene rings is 1. The molecule has 0 aliphatic carbocycles. The van der Waals surface area contributed by atoms with Gasteiger partial charge in [0.15, 0.2) is 6.61 Å². The number of ether oxygens (including phenoxy) is 1. The van der Waals surface area contributed by atoms with Gasteiger partial charge < -0.3 is 10.1 Å². The molecule has 0 aromatic heterocycles. The van der Waals surface area contributed by atoms with Gasteiger partial charge in [-0.25, -0.2) is 13.2 Å². The van der Waals surface area contributed by atoms with Crippen molar-refractivity contribution in [3.63, 3.8) is 0 Å². The van der Waals surface area contributed by atoms with Gasteiger partial charge in [-0.1, -0.05) is 6.07 Å². The number of esters is 1. The van der Waals surface area contributed by atoms with Crippen LogP contribution >= 0.6 is 0 Å². The van der Waals surface area contributed by atoms with Gasteiger partial charge in [-0.3, -0.25) is 14.9 Å². The summed E-state index contributed by atoms with van der Waals surface area (Å²) in [5.41, 5.74) is -1.64. The topological polar surface area (TPSA) is 122 Å². The van der Waals surface area contributed by atoms with Gasteiger partial charge in [0.1, 0.15) is 0 Å². The average Bonchev–Trinajstić information content (AvgIpc) is 2.70. The highest BCUT2D eigenvalue weighted by Crippen LogP contribution is 2.32. The number of hydrogen-bond donors (Lipinski definition) is 2. The molecule has 0 saturated carbocycles. The number of piperidine rings is 1. The van der Waals surface area contributed by atoms with E-state index in [4.69, 9.17) is 4.74 Å². The van der Waals surface area contributed by atoms with Crippen LogP contribution in [0.5, 0.6) is 0 Å². The molecule has 0 spiro atoms. The number of nitrogens with zero attached hydrogens (tertiary/aromatic N) is 1. The molecule has 1 aromatic carbocycles. The number of rotatable bonds is 5. The van der Waals surface area contributed by atoms with Gasteiger partial charge in [0.25, 0.3) is 5.91 Å². The first kappa shape index (κ1) is 26.6. The van der Waals surface area contributed by atoms with Crippen molar-refractivity contribution in [2.75, 3.05) is 19.7 Å². The van der Waals surface area contributed by atoms with Gasteiger partial charge in [-0.05, 0) is 51.8 Å². The van der Waals surface area contributed by atoms with Crippen LogP contribution in [0.2, 0.25) is 0 Å². The lowest BCUT2D eigenvalue weighted by Gasteiger charge is -2.30. The lowest BCUT2D eigenvalue weighted by molar-refractivity contribution is -0.153. The Kier molecular flexibility index (Phi) is 8.12. The zero-order valence-electron chi connectivity index (χ0n) is 18.4. The van der Waals surface area contributed by atoms with Gasteiger partial charge in [-0.2, -0.15) is 17.5 Å². The minimum atomic E-state index is -4.68. The summed E-state index contributed by atoms with van der Waals surface area (Å²) >= 11 is 0. The van der Waals surface area contributed by atoms with Crippen LogP contribution in [-0.4, -0.2) is 55.9 Å². The summed E-state index contributed by atoms with van der Waals surface area (Å²) in [5.74, 6) is -2.23. The van der Waals surface area contributed by atoms with Crippen LogP contribution in [0.25, 0.3) is 0 Å². The molecule has 1 aliphatic heterocycles. The molecule has 1 fully saturated rings. The van der Waals surface area contributed by atoms with Crippen molar-refractivity contribution < 1.29 is 40.7 Å². The summed E-state index contributed by atoms with van der Waals surface area (Å²) in [6.45, 7) is 4.28. The molecule has 1 aliphatic rings. The fourth-order valence-corrected chi connectivity index (χ4v) is 4.62. The summed E-state index contributed by atoms with van der Waals surface area (Å²) in [5, 5.41) is 4.53. The first-order valence-corrected chi connectivity index (χ1v) is 11.5. The van der Waals surface area contributed by atoms with E-state index in [1.165, 1.54) is 0 Å². The minimum Gasteiger partial charge on any atom is -0.455 e. The third kappa shape index (κ3) is 7.70. The van der Waals surface area contributed by atoms with Crippen molar-refractivity contribution in [2.24, 2.45) is 5.92 Å². The van der Waals surface area contributed by atoms with E-state index in [-0.39, 0.29) is 25.9 Å². The van der Waals surface area contributed by atoms with E-state index < -0.39 is 62.6 Å². The Balaban J connectivity index is 1.88. The zero-order chi connectivity index (χ0) is 25.0. The second-order valence-electron chi connectivity index (χ2n) is 8.56. The Labute approximate surface area is 189 Å². The van der Waals surface area contributed by atoms with Crippen molar-refractivity contribution in [1.82, 2.24) is 14.9 Å². The summed E-state index contributed by atoms with van der Waals surface area (Å²) in [6.07, 6.45) is -4.53. The third-order valence-corrected chi connectivity index (χ3v) is 6.57. The summed E-state index contributed by atoms with van der Waals surface area (Å²) in [6, 6.07) is 2.72. The molecule has 0 atom stereocenters. The van der Waals surface area contributed by atoms with Crippen LogP contribution in [-0.2, 0) is 30.5 Å². The first-order valence-electron chi connectivity index (χ1n) is 10.1. The molecule has 1 heterocycles. The van der Waals surface area contributed by atoms with Crippen LogP contribution in [0, 0.1) is 5.92 Å². The quantitative estimate of drug-likeness (QED) is 0.607. The summed E-state index contributed by atoms with van der Waals surface area (Å²) in [4.78, 5) is 35.1. The Morgan fingerprint density at radius 2 is 1.73 bits per heavy atom. The van der Waals surface area contributed by atoms with Crippen LogP contribution < -0.4 is 10.6 Å². The SMILES string of the molecule is CC(C)(C)NC(=O)NC(=O)COC(=O)C1CCN(S(=O)(=O)c2cccc(C(F)(F)F)c2)CC1. The average molecular weight is 494 g/mol.